The summed E-state index contributed by atoms with van der Waals surface area (Å²) >= 11 is 1.55. The Morgan fingerprint density at radius 2 is 1.95 bits per heavy atom. The summed E-state index contributed by atoms with van der Waals surface area (Å²) in [6.07, 6.45) is 7.97. The molecule has 20 heavy (non-hydrogen) atoms. The molecule has 0 spiro atoms. The largest absolute Gasteiger partial charge is 0.480 e. The molecule has 5 heteroatoms. The van der Waals surface area contributed by atoms with E-state index in [-0.39, 0.29) is 11.8 Å². The maximum Gasteiger partial charge on any atom is 0.327 e. The molecule has 114 valence electrons. The van der Waals surface area contributed by atoms with Gasteiger partial charge in [-0.25, -0.2) is 4.79 Å². The van der Waals surface area contributed by atoms with Crippen molar-refractivity contribution in [2.45, 2.75) is 57.9 Å². The molecule has 2 fully saturated rings. The number of hydrogen-bond donors (Lipinski definition) is 1. The molecular formula is C15H25NO3S. The van der Waals surface area contributed by atoms with Crippen LogP contribution < -0.4 is 0 Å². The van der Waals surface area contributed by atoms with Crippen LogP contribution >= 0.6 is 11.8 Å². The molecule has 2 rings (SSSR count). The van der Waals surface area contributed by atoms with Crippen molar-refractivity contribution in [2.24, 2.45) is 11.8 Å². The number of carboxylic acids is 1. The first kappa shape index (κ1) is 15.7. The highest BCUT2D eigenvalue weighted by Gasteiger charge is 2.38. The summed E-state index contributed by atoms with van der Waals surface area (Å²) < 4.78 is 0. The Labute approximate surface area is 125 Å². The number of nitrogens with zero attached hydrogens (tertiary/aromatic N) is 1. The minimum absolute atomic E-state index is 0.0634. The van der Waals surface area contributed by atoms with Crippen molar-refractivity contribution in [3.8, 4) is 0 Å². The molecule has 1 atom stereocenters. The lowest BCUT2D eigenvalue weighted by Crippen LogP contribution is -2.45. The van der Waals surface area contributed by atoms with Crippen LogP contribution in [0.5, 0.6) is 0 Å². The Hall–Kier alpha value is -0.710. The second kappa shape index (κ2) is 7.34. The third-order valence-electron chi connectivity index (χ3n) is 4.61. The highest BCUT2D eigenvalue weighted by Crippen LogP contribution is 2.34. The summed E-state index contributed by atoms with van der Waals surface area (Å²) in [7, 11) is 0. The molecule has 0 radical (unpaired) electrons. The molecule has 2 aliphatic rings. The van der Waals surface area contributed by atoms with Gasteiger partial charge in [0.25, 0.3) is 0 Å². The lowest BCUT2D eigenvalue weighted by Gasteiger charge is -2.31. The van der Waals surface area contributed by atoms with Crippen molar-refractivity contribution in [2.75, 3.05) is 11.6 Å². The van der Waals surface area contributed by atoms with Gasteiger partial charge in [0.2, 0.25) is 5.91 Å². The molecule has 4 nitrogen and oxygen atoms in total. The van der Waals surface area contributed by atoms with E-state index in [1.165, 1.54) is 19.3 Å². The van der Waals surface area contributed by atoms with Gasteiger partial charge in [-0.1, -0.05) is 26.2 Å². The summed E-state index contributed by atoms with van der Waals surface area (Å²) in [6.45, 7) is 2.21. The number of aliphatic carboxylic acids is 1. The average Bonchev–Trinajstić information content (AvgIpc) is 2.94. The standard InChI is InChI=1S/C15H25NO3S/c1-2-3-4-11-5-7-12(8-6-11)14(17)16-10-20-9-13(16)15(18)19/h11-13H,2-10H2,1H3,(H,18,19). The van der Waals surface area contributed by atoms with E-state index in [0.29, 0.717) is 11.6 Å². The number of unbranched alkanes of at least 4 members (excludes halogenated alkanes) is 1. The first-order chi connectivity index (χ1) is 9.63. The van der Waals surface area contributed by atoms with E-state index in [1.54, 1.807) is 16.7 Å². The highest BCUT2D eigenvalue weighted by molar-refractivity contribution is 7.99. The Balaban J connectivity index is 1.84. The predicted octanol–water partition coefficient (Wildman–Crippen LogP) is 2.97. The minimum atomic E-state index is -0.861. The Bertz CT molecular complexity index is 353. The van der Waals surface area contributed by atoms with Crippen molar-refractivity contribution in [1.29, 1.82) is 0 Å². The van der Waals surface area contributed by atoms with Crippen LogP contribution in [0.25, 0.3) is 0 Å². The van der Waals surface area contributed by atoms with Gasteiger partial charge < -0.3 is 10.0 Å². The number of thioether (sulfide) groups is 1. The van der Waals surface area contributed by atoms with Crippen molar-refractivity contribution < 1.29 is 14.7 Å². The van der Waals surface area contributed by atoms with Crippen LogP contribution in [0.1, 0.15) is 51.9 Å². The summed E-state index contributed by atoms with van der Waals surface area (Å²) in [5.41, 5.74) is 0. The van der Waals surface area contributed by atoms with Crippen LogP contribution in [0.4, 0.5) is 0 Å². The second-order valence-corrected chi connectivity index (χ2v) is 7.02. The van der Waals surface area contributed by atoms with Gasteiger partial charge in [0.05, 0.1) is 5.88 Å². The quantitative estimate of drug-likeness (QED) is 0.848. The Morgan fingerprint density at radius 3 is 2.55 bits per heavy atom. The highest BCUT2D eigenvalue weighted by atomic mass is 32.2. The first-order valence-corrected chi connectivity index (χ1v) is 8.90. The Kier molecular flexibility index (Phi) is 5.75. The lowest BCUT2D eigenvalue weighted by atomic mass is 9.79. The molecule has 1 unspecified atom stereocenters. The van der Waals surface area contributed by atoms with E-state index >= 15 is 0 Å². The maximum absolute atomic E-state index is 12.5. The van der Waals surface area contributed by atoms with E-state index in [4.69, 9.17) is 5.11 Å². The third kappa shape index (κ3) is 3.68. The number of carbonyl (C=O) groups excluding carboxylic acids is 1. The van der Waals surface area contributed by atoms with Crippen LogP contribution in [0.15, 0.2) is 0 Å². The van der Waals surface area contributed by atoms with Crippen molar-refractivity contribution >= 4 is 23.6 Å². The lowest BCUT2D eigenvalue weighted by molar-refractivity contribution is -0.150. The molecule has 1 N–H and O–H groups in total. The third-order valence-corrected chi connectivity index (χ3v) is 5.62. The second-order valence-electron chi connectivity index (χ2n) is 6.02. The van der Waals surface area contributed by atoms with E-state index in [1.807, 2.05) is 0 Å². The van der Waals surface area contributed by atoms with E-state index in [2.05, 4.69) is 6.92 Å². The minimum Gasteiger partial charge on any atom is -0.480 e. The predicted molar refractivity (Wildman–Crippen MR) is 80.6 cm³/mol. The summed E-state index contributed by atoms with van der Waals surface area (Å²) in [6, 6.07) is -0.606. The van der Waals surface area contributed by atoms with Crippen molar-refractivity contribution in [1.82, 2.24) is 4.90 Å². The van der Waals surface area contributed by atoms with Crippen molar-refractivity contribution in [3.05, 3.63) is 0 Å². The van der Waals surface area contributed by atoms with Gasteiger partial charge in [-0.3, -0.25) is 4.79 Å². The molecule has 0 aromatic carbocycles. The zero-order chi connectivity index (χ0) is 14.5. The average molecular weight is 299 g/mol. The smallest absolute Gasteiger partial charge is 0.327 e. The van der Waals surface area contributed by atoms with Crippen LogP contribution in [0.2, 0.25) is 0 Å². The molecule has 0 aromatic heterocycles. The molecule has 0 aromatic rings. The molecule has 1 aliphatic carbocycles. The molecule has 1 saturated heterocycles. The van der Waals surface area contributed by atoms with Gasteiger partial charge in [0.1, 0.15) is 6.04 Å². The van der Waals surface area contributed by atoms with Gasteiger partial charge in [-0.15, -0.1) is 11.8 Å². The van der Waals surface area contributed by atoms with Gasteiger partial charge >= 0.3 is 5.97 Å². The van der Waals surface area contributed by atoms with Crippen LogP contribution in [0, 0.1) is 11.8 Å². The fourth-order valence-corrected chi connectivity index (χ4v) is 4.44. The summed E-state index contributed by atoms with van der Waals surface area (Å²) in [5, 5.41) is 9.16. The molecular weight excluding hydrogens is 274 g/mol. The van der Waals surface area contributed by atoms with Crippen molar-refractivity contribution in [3.63, 3.8) is 0 Å². The summed E-state index contributed by atoms with van der Waals surface area (Å²) in [4.78, 5) is 25.2. The number of carboxylic acid groups (broad SMARTS) is 1. The molecule has 1 saturated carbocycles. The SMILES string of the molecule is CCCCC1CCC(C(=O)N2CSCC2C(=O)O)CC1. The number of hydrogen-bond acceptors (Lipinski definition) is 3. The van der Waals surface area contributed by atoms with Crippen LogP contribution in [-0.2, 0) is 9.59 Å². The topological polar surface area (TPSA) is 57.6 Å². The van der Waals surface area contributed by atoms with E-state index in [0.717, 1.165) is 31.6 Å². The van der Waals surface area contributed by atoms with Crippen LogP contribution in [0.3, 0.4) is 0 Å². The molecule has 1 aliphatic heterocycles. The van der Waals surface area contributed by atoms with Gasteiger partial charge in [-0.2, -0.15) is 0 Å². The number of carbonyl (C=O) groups is 2. The number of amides is 1. The van der Waals surface area contributed by atoms with Crippen LogP contribution in [-0.4, -0.2) is 39.6 Å². The molecule has 0 bridgehead atoms. The zero-order valence-electron chi connectivity index (χ0n) is 12.2. The zero-order valence-corrected chi connectivity index (χ0v) is 13.0. The summed E-state index contributed by atoms with van der Waals surface area (Å²) in [5.74, 6) is 1.14. The number of rotatable bonds is 5. The Morgan fingerprint density at radius 1 is 1.25 bits per heavy atom. The van der Waals surface area contributed by atoms with E-state index < -0.39 is 12.0 Å². The molecule has 1 heterocycles. The van der Waals surface area contributed by atoms with Gasteiger partial charge in [-0.05, 0) is 31.6 Å². The van der Waals surface area contributed by atoms with Gasteiger partial charge in [0.15, 0.2) is 0 Å². The fourth-order valence-electron chi connectivity index (χ4n) is 3.29. The fraction of sp³-hybridized carbons (Fsp3) is 0.867. The van der Waals surface area contributed by atoms with Gasteiger partial charge in [0, 0.05) is 11.7 Å². The van der Waals surface area contributed by atoms with E-state index in [9.17, 15) is 9.59 Å². The monoisotopic (exact) mass is 299 g/mol. The molecule has 1 amide bonds. The normalized spacial score (nSPS) is 30.4. The first-order valence-electron chi connectivity index (χ1n) is 7.74. The maximum atomic E-state index is 12.5.